The smallest absolute Gasteiger partial charge is 0.248 e. The zero-order valence-corrected chi connectivity index (χ0v) is 16.6. The number of methoxy groups -OCH3 is 2. The molecule has 2 aromatic carbocycles. The number of nitrogens with zero attached hydrogens (tertiary/aromatic N) is 1. The molecule has 7 nitrogen and oxygen atoms in total. The van der Waals surface area contributed by atoms with E-state index in [2.05, 4.69) is 5.32 Å². The zero-order valence-electron chi connectivity index (χ0n) is 15.8. The molecule has 0 heterocycles. The van der Waals surface area contributed by atoms with E-state index in [1.54, 1.807) is 55.5 Å². The first-order chi connectivity index (χ1) is 12.8. The van der Waals surface area contributed by atoms with Crippen LogP contribution in [0.2, 0.25) is 0 Å². The van der Waals surface area contributed by atoms with E-state index in [1.807, 2.05) is 0 Å². The van der Waals surface area contributed by atoms with Gasteiger partial charge in [-0.25, -0.2) is 8.42 Å². The van der Waals surface area contributed by atoms with Gasteiger partial charge in [0, 0.05) is 6.07 Å². The van der Waals surface area contributed by atoms with Gasteiger partial charge in [0.15, 0.2) is 0 Å². The normalized spacial score (nSPS) is 12.1. The Morgan fingerprint density at radius 2 is 1.81 bits per heavy atom. The van der Waals surface area contributed by atoms with Gasteiger partial charge in [-0.3, -0.25) is 9.10 Å². The molecule has 0 aliphatic rings. The van der Waals surface area contributed by atoms with Crippen LogP contribution in [-0.2, 0) is 14.8 Å². The molecular formula is C19H24N2O5S. The molecule has 0 saturated heterocycles. The molecule has 0 spiro atoms. The van der Waals surface area contributed by atoms with Gasteiger partial charge >= 0.3 is 0 Å². The molecule has 0 saturated carbocycles. The third kappa shape index (κ3) is 4.91. The lowest BCUT2D eigenvalue weighted by molar-refractivity contribution is -0.117. The lowest BCUT2D eigenvalue weighted by Crippen LogP contribution is -2.47. The molecule has 1 N–H and O–H groups in total. The molecule has 0 aromatic heterocycles. The van der Waals surface area contributed by atoms with Crippen molar-refractivity contribution in [3.63, 3.8) is 0 Å². The number of amides is 1. The van der Waals surface area contributed by atoms with Crippen molar-refractivity contribution in [2.24, 2.45) is 0 Å². The Kier molecular flexibility index (Phi) is 6.68. The van der Waals surface area contributed by atoms with Gasteiger partial charge in [0.25, 0.3) is 0 Å². The van der Waals surface area contributed by atoms with Crippen molar-refractivity contribution >= 4 is 27.3 Å². The van der Waals surface area contributed by atoms with Gasteiger partial charge in [-0.15, -0.1) is 0 Å². The molecule has 27 heavy (non-hydrogen) atoms. The van der Waals surface area contributed by atoms with E-state index < -0.39 is 22.0 Å². The number of sulfonamides is 1. The van der Waals surface area contributed by atoms with Crippen molar-refractivity contribution in [3.8, 4) is 11.5 Å². The number of ether oxygens (including phenoxy) is 2. The second kappa shape index (κ2) is 8.77. The van der Waals surface area contributed by atoms with Crippen LogP contribution in [0.5, 0.6) is 11.5 Å². The predicted molar refractivity (Wildman–Crippen MR) is 106 cm³/mol. The number of rotatable bonds is 8. The maximum Gasteiger partial charge on any atom is 0.248 e. The summed E-state index contributed by atoms with van der Waals surface area (Å²) in [4.78, 5) is 12.9. The minimum atomic E-state index is -3.72. The summed E-state index contributed by atoms with van der Waals surface area (Å²) in [6, 6.07) is 12.6. The van der Waals surface area contributed by atoms with Gasteiger partial charge in [0.1, 0.15) is 17.5 Å². The zero-order chi connectivity index (χ0) is 20.0. The molecule has 0 aliphatic carbocycles. The highest BCUT2D eigenvalue weighted by Gasteiger charge is 2.32. The lowest BCUT2D eigenvalue weighted by Gasteiger charge is -2.30. The fourth-order valence-electron chi connectivity index (χ4n) is 2.77. The third-order valence-electron chi connectivity index (χ3n) is 4.00. The van der Waals surface area contributed by atoms with Crippen molar-refractivity contribution in [1.82, 2.24) is 0 Å². The maximum atomic E-state index is 12.9. The topological polar surface area (TPSA) is 84.9 Å². The number of hydrogen-bond acceptors (Lipinski definition) is 5. The van der Waals surface area contributed by atoms with Crippen molar-refractivity contribution in [3.05, 3.63) is 48.5 Å². The number of hydrogen-bond donors (Lipinski definition) is 1. The Labute approximate surface area is 160 Å². The van der Waals surface area contributed by atoms with Crippen LogP contribution in [0, 0.1) is 0 Å². The van der Waals surface area contributed by atoms with Gasteiger partial charge in [-0.1, -0.05) is 25.1 Å². The molecule has 1 unspecified atom stereocenters. The van der Waals surface area contributed by atoms with Crippen LogP contribution in [0.25, 0.3) is 0 Å². The number of carbonyl (C=O) groups is 1. The summed E-state index contributed by atoms with van der Waals surface area (Å²) < 4.78 is 36.5. The van der Waals surface area contributed by atoms with Crippen LogP contribution in [0.4, 0.5) is 11.4 Å². The average molecular weight is 392 g/mol. The Hall–Kier alpha value is -2.74. The molecule has 0 bridgehead atoms. The van der Waals surface area contributed by atoms with Gasteiger partial charge in [-0.05, 0) is 30.7 Å². The summed E-state index contributed by atoms with van der Waals surface area (Å²) in [6.07, 6.45) is 1.36. The number of nitrogens with one attached hydrogen (secondary N) is 1. The Bertz CT molecular complexity index is 898. The Morgan fingerprint density at radius 1 is 1.11 bits per heavy atom. The number of benzene rings is 2. The first-order valence-electron chi connectivity index (χ1n) is 8.39. The molecule has 0 radical (unpaired) electrons. The Morgan fingerprint density at radius 3 is 2.41 bits per heavy atom. The van der Waals surface area contributed by atoms with Gasteiger partial charge in [0.2, 0.25) is 15.9 Å². The molecule has 2 aromatic rings. The monoisotopic (exact) mass is 392 g/mol. The molecule has 146 valence electrons. The lowest BCUT2D eigenvalue weighted by atomic mass is 10.1. The molecule has 2 rings (SSSR count). The van der Waals surface area contributed by atoms with Crippen LogP contribution in [0.3, 0.4) is 0 Å². The minimum Gasteiger partial charge on any atom is -0.497 e. The van der Waals surface area contributed by atoms with E-state index in [0.29, 0.717) is 22.9 Å². The van der Waals surface area contributed by atoms with E-state index in [-0.39, 0.29) is 6.42 Å². The fourth-order valence-corrected chi connectivity index (χ4v) is 3.98. The molecule has 1 atom stereocenters. The highest BCUT2D eigenvalue weighted by molar-refractivity contribution is 7.92. The highest BCUT2D eigenvalue weighted by Crippen LogP contribution is 2.28. The van der Waals surface area contributed by atoms with E-state index in [9.17, 15) is 13.2 Å². The minimum absolute atomic E-state index is 0.283. The third-order valence-corrected chi connectivity index (χ3v) is 5.18. The van der Waals surface area contributed by atoms with Crippen LogP contribution < -0.4 is 19.1 Å². The Balaban J connectivity index is 2.41. The number of para-hydroxylation sites is 2. The van der Waals surface area contributed by atoms with Crippen LogP contribution in [0.15, 0.2) is 48.5 Å². The SMILES string of the molecule is CCC(C(=O)Nc1ccccc1OC)N(c1cccc(OC)c1)S(C)(=O)=O. The van der Waals surface area contributed by atoms with Crippen molar-refractivity contribution in [2.75, 3.05) is 30.1 Å². The van der Waals surface area contributed by atoms with E-state index in [0.717, 1.165) is 10.6 Å². The molecule has 1 amide bonds. The summed E-state index contributed by atoms with van der Waals surface area (Å²) in [5.74, 6) is 0.546. The number of carbonyl (C=O) groups excluding carboxylic acids is 1. The summed E-state index contributed by atoms with van der Waals surface area (Å²) in [7, 11) is -0.725. The molecule has 0 fully saturated rings. The van der Waals surface area contributed by atoms with Crippen LogP contribution >= 0.6 is 0 Å². The molecule has 8 heteroatoms. The van der Waals surface area contributed by atoms with Crippen molar-refractivity contribution in [2.45, 2.75) is 19.4 Å². The maximum absolute atomic E-state index is 12.9. The summed E-state index contributed by atoms with van der Waals surface area (Å²) in [5, 5.41) is 2.76. The second-order valence-electron chi connectivity index (χ2n) is 5.87. The standard InChI is InChI=1S/C19H24N2O5S/c1-5-17(19(22)20-16-11-6-7-12-18(16)26-3)21(27(4,23)24)14-9-8-10-15(13-14)25-2/h6-13,17H,5H2,1-4H3,(H,20,22). The second-order valence-corrected chi connectivity index (χ2v) is 7.73. The molecule has 0 aliphatic heterocycles. The highest BCUT2D eigenvalue weighted by atomic mass is 32.2. The summed E-state index contributed by atoms with van der Waals surface area (Å²) in [5.41, 5.74) is 0.835. The van der Waals surface area contributed by atoms with E-state index in [4.69, 9.17) is 9.47 Å². The van der Waals surface area contributed by atoms with Gasteiger partial charge in [0.05, 0.1) is 31.9 Å². The first-order valence-corrected chi connectivity index (χ1v) is 10.2. The summed E-state index contributed by atoms with van der Waals surface area (Å²) >= 11 is 0. The summed E-state index contributed by atoms with van der Waals surface area (Å²) in [6.45, 7) is 1.75. The van der Waals surface area contributed by atoms with Crippen LogP contribution in [0.1, 0.15) is 13.3 Å². The van der Waals surface area contributed by atoms with Gasteiger partial charge in [-0.2, -0.15) is 0 Å². The first kappa shape index (κ1) is 20.6. The van der Waals surface area contributed by atoms with Crippen molar-refractivity contribution in [1.29, 1.82) is 0 Å². The quantitative estimate of drug-likeness (QED) is 0.747. The fraction of sp³-hybridized carbons (Fsp3) is 0.316. The van der Waals surface area contributed by atoms with Crippen LogP contribution in [-0.4, -0.2) is 40.8 Å². The van der Waals surface area contributed by atoms with Crippen molar-refractivity contribution < 1.29 is 22.7 Å². The van der Waals surface area contributed by atoms with E-state index in [1.165, 1.54) is 14.2 Å². The van der Waals surface area contributed by atoms with E-state index >= 15 is 0 Å². The molecular weight excluding hydrogens is 368 g/mol. The van der Waals surface area contributed by atoms with Gasteiger partial charge < -0.3 is 14.8 Å². The largest absolute Gasteiger partial charge is 0.497 e. The average Bonchev–Trinajstić information content (AvgIpc) is 2.65. The number of anilines is 2. The predicted octanol–water partition coefficient (Wildman–Crippen LogP) is 2.89.